The van der Waals surface area contributed by atoms with Gasteiger partial charge in [0.05, 0.1) is 12.0 Å². The van der Waals surface area contributed by atoms with Crippen LogP contribution in [0.3, 0.4) is 0 Å². The van der Waals surface area contributed by atoms with Gasteiger partial charge >= 0.3 is 0 Å². The van der Waals surface area contributed by atoms with E-state index in [0.717, 1.165) is 0 Å². The molecule has 0 aliphatic rings. The molecule has 0 atom stereocenters. The molecular weight excluding hydrogens is 283 g/mol. The number of benzene rings is 1. The lowest BCUT2D eigenvalue weighted by molar-refractivity contribution is 0.632. The molecule has 3 rings (SSSR count). The molecule has 0 bridgehead atoms. The van der Waals surface area contributed by atoms with E-state index in [1.165, 1.54) is 24.5 Å². The number of aromatic amines is 1. The fraction of sp³-hybridized carbons (Fsp3) is 0.0833. The molecular formula is C12H10ClFN6. The van der Waals surface area contributed by atoms with Crippen LogP contribution in [0, 0.1) is 5.82 Å². The van der Waals surface area contributed by atoms with Crippen LogP contribution in [0.25, 0.3) is 11.2 Å². The van der Waals surface area contributed by atoms with Crippen LogP contribution in [-0.4, -0.2) is 27.0 Å². The van der Waals surface area contributed by atoms with Crippen LogP contribution in [0.5, 0.6) is 0 Å². The van der Waals surface area contributed by atoms with Crippen LogP contribution in [-0.2, 0) is 0 Å². The Morgan fingerprint density at radius 3 is 2.95 bits per heavy atom. The molecule has 6 nitrogen and oxygen atoms in total. The minimum absolute atomic E-state index is 0.231. The highest BCUT2D eigenvalue weighted by Gasteiger charge is 2.11. The Labute approximate surface area is 118 Å². The molecule has 0 unspecified atom stereocenters. The van der Waals surface area contributed by atoms with E-state index in [1.807, 2.05) is 0 Å². The van der Waals surface area contributed by atoms with Crippen molar-refractivity contribution in [1.82, 2.24) is 19.9 Å². The number of fused-ring (bicyclic) bond motifs is 1. The number of hydrogen-bond acceptors (Lipinski definition) is 5. The second-order valence-electron chi connectivity index (χ2n) is 4.00. The summed E-state index contributed by atoms with van der Waals surface area (Å²) in [5.41, 5.74) is 1.30. The lowest BCUT2D eigenvalue weighted by Gasteiger charge is -2.09. The van der Waals surface area contributed by atoms with Crippen LogP contribution in [0.1, 0.15) is 0 Å². The Morgan fingerprint density at radius 1 is 1.30 bits per heavy atom. The van der Waals surface area contributed by atoms with Crippen molar-refractivity contribution in [3.63, 3.8) is 0 Å². The first-order valence-electron chi connectivity index (χ1n) is 5.78. The molecule has 8 heteroatoms. The van der Waals surface area contributed by atoms with Gasteiger partial charge in [-0.15, -0.1) is 0 Å². The molecule has 0 radical (unpaired) electrons. The van der Waals surface area contributed by atoms with E-state index in [2.05, 4.69) is 30.6 Å². The summed E-state index contributed by atoms with van der Waals surface area (Å²) in [6, 6.07) is 4.25. The number of rotatable bonds is 3. The zero-order valence-electron chi connectivity index (χ0n) is 10.4. The van der Waals surface area contributed by atoms with Gasteiger partial charge in [-0.25, -0.2) is 9.37 Å². The quantitative estimate of drug-likeness (QED) is 0.692. The summed E-state index contributed by atoms with van der Waals surface area (Å²) in [5.74, 6) is 0.374. The maximum atomic E-state index is 13.8. The summed E-state index contributed by atoms with van der Waals surface area (Å²) in [4.78, 5) is 15.4. The lowest BCUT2D eigenvalue weighted by Crippen LogP contribution is -2.02. The van der Waals surface area contributed by atoms with E-state index >= 15 is 0 Å². The summed E-state index contributed by atoms with van der Waals surface area (Å²) in [6.45, 7) is 0. The lowest BCUT2D eigenvalue weighted by atomic mass is 10.3. The predicted molar refractivity (Wildman–Crippen MR) is 75.9 cm³/mol. The topological polar surface area (TPSA) is 78.5 Å². The minimum Gasteiger partial charge on any atom is -0.357 e. The van der Waals surface area contributed by atoms with E-state index in [1.54, 1.807) is 7.05 Å². The van der Waals surface area contributed by atoms with Gasteiger partial charge in [0.2, 0.25) is 5.95 Å². The number of nitrogens with zero attached hydrogens (tertiary/aromatic N) is 3. The van der Waals surface area contributed by atoms with Crippen LogP contribution in [0.4, 0.5) is 21.8 Å². The van der Waals surface area contributed by atoms with Crippen molar-refractivity contribution in [2.24, 2.45) is 0 Å². The summed E-state index contributed by atoms with van der Waals surface area (Å²) < 4.78 is 13.8. The van der Waals surface area contributed by atoms with Gasteiger partial charge in [-0.05, 0) is 18.2 Å². The maximum Gasteiger partial charge on any atom is 0.226 e. The third-order valence-electron chi connectivity index (χ3n) is 2.69. The molecule has 0 saturated heterocycles. The van der Waals surface area contributed by atoms with Gasteiger partial charge < -0.3 is 15.6 Å². The van der Waals surface area contributed by atoms with Crippen LogP contribution < -0.4 is 10.6 Å². The molecule has 3 aromatic rings. The fourth-order valence-electron chi connectivity index (χ4n) is 1.76. The zero-order valence-corrected chi connectivity index (χ0v) is 11.2. The Morgan fingerprint density at radius 2 is 2.15 bits per heavy atom. The van der Waals surface area contributed by atoms with Gasteiger partial charge in [0.25, 0.3) is 0 Å². The Balaban J connectivity index is 2.09. The average Bonchev–Trinajstić information content (AvgIpc) is 2.91. The van der Waals surface area contributed by atoms with Crippen molar-refractivity contribution in [2.75, 3.05) is 17.7 Å². The standard InChI is InChI=1S/C12H10ClFN6/c1-15-12-19-10-9(16-5-17-10)11(20-12)18-8-4-6(13)2-3-7(8)14/h2-5H,1H3,(H3,15,16,17,18,19,20). The second-order valence-corrected chi connectivity index (χ2v) is 4.43. The third-order valence-corrected chi connectivity index (χ3v) is 2.93. The van der Waals surface area contributed by atoms with Gasteiger partial charge in [-0.1, -0.05) is 11.6 Å². The van der Waals surface area contributed by atoms with Crippen LogP contribution in [0.15, 0.2) is 24.5 Å². The largest absolute Gasteiger partial charge is 0.357 e. The SMILES string of the molecule is CNc1nc(Nc2cc(Cl)ccc2F)c2[nH]cnc2n1. The highest BCUT2D eigenvalue weighted by Crippen LogP contribution is 2.26. The smallest absolute Gasteiger partial charge is 0.226 e. The van der Waals surface area contributed by atoms with Gasteiger partial charge in [-0.2, -0.15) is 9.97 Å². The average molecular weight is 293 g/mol. The number of anilines is 3. The van der Waals surface area contributed by atoms with Crippen molar-refractivity contribution in [1.29, 1.82) is 0 Å². The van der Waals surface area contributed by atoms with E-state index in [9.17, 15) is 4.39 Å². The molecule has 20 heavy (non-hydrogen) atoms. The van der Waals surface area contributed by atoms with E-state index in [4.69, 9.17) is 11.6 Å². The predicted octanol–water partition coefficient (Wildman–Crippen LogP) is 2.93. The zero-order chi connectivity index (χ0) is 14.1. The van der Waals surface area contributed by atoms with Crippen molar-refractivity contribution in [3.8, 4) is 0 Å². The maximum absolute atomic E-state index is 13.8. The number of hydrogen-bond donors (Lipinski definition) is 3. The first kappa shape index (κ1) is 12.6. The van der Waals surface area contributed by atoms with Gasteiger partial charge in [0.1, 0.15) is 11.3 Å². The molecule has 2 aromatic heterocycles. The number of H-pyrrole nitrogens is 1. The van der Waals surface area contributed by atoms with E-state index in [-0.39, 0.29) is 5.69 Å². The fourth-order valence-corrected chi connectivity index (χ4v) is 1.93. The Kier molecular flexibility index (Phi) is 3.11. The molecule has 0 aliphatic carbocycles. The first-order valence-corrected chi connectivity index (χ1v) is 6.16. The van der Waals surface area contributed by atoms with Crippen LogP contribution >= 0.6 is 11.6 Å². The van der Waals surface area contributed by atoms with Crippen molar-refractivity contribution >= 4 is 40.2 Å². The third kappa shape index (κ3) is 2.23. The monoisotopic (exact) mass is 292 g/mol. The summed E-state index contributed by atoms with van der Waals surface area (Å²) in [6.07, 6.45) is 1.50. The first-order chi connectivity index (χ1) is 9.67. The molecule has 0 spiro atoms. The molecule has 0 aliphatic heterocycles. The summed E-state index contributed by atoms with van der Waals surface area (Å²) >= 11 is 5.87. The molecule has 3 N–H and O–H groups in total. The number of halogens is 2. The van der Waals surface area contributed by atoms with Gasteiger partial charge in [0, 0.05) is 12.1 Å². The number of aromatic nitrogens is 4. The Hall–Kier alpha value is -2.41. The van der Waals surface area contributed by atoms with Crippen molar-refractivity contribution < 1.29 is 4.39 Å². The molecule has 0 fully saturated rings. The van der Waals surface area contributed by atoms with Crippen molar-refractivity contribution in [3.05, 3.63) is 35.4 Å². The molecule has 2 heterocycles. The van der Waals surface area contributed by atoms with Gasteiger partial charge in [0.15, 0.2) is 11.5 Å². The Bertz CT molecular complexity index is 772. The van der Waals surface area contributed by atoms with Gasteiger partial charge in [-0.3, -0.25) is 0 Å². The van der Waals surface area contributed by atoms with E-state index in [0.29, 0.717) is 28.0 Å². The minimum atomic E-state index is -0.424. The normalized spacial score (nSPS) is 10.8. The second kappa shape index (κ2) is 4.93. The summed E-state index contributed by atoms with van der Waals surface area (Å²) in [5, 5.41) is 6.15. The molecule has 0 saturated carbocycles. The van der Waals surface area contributed by atoms with E-state index < -0.39 is 5.82 Å². The molecule has 102 valence electrons. The highest BCUT2D eigenvalue weighted by molar-refractivity contribution is 6.30. The highest BCUT2D eigenvalue weighted by atomic mass is 35.5. The number of nitrogens with one attached hydrogen (secondary N) is 3. The van der Waals surface area contributed by atoms with Crippen LogP contribution in [0.2, 0.25) is 5.02 Å². The van der Waals surface area contributed by atoms with Crippen molar-refractivity contribution in [2.45, 2.75) is 0 Å². The number of imidazole rings is 1. The molecule has 1 aromatic carbocycles. The summed E-state index contributed by atoms with van der Waals surface area (Å²) in [7, 11) is 1.69. The molecule has 0 amide bonds.